The second-order valence-electron chi connectivity index (χ2n) is 6.08. The van der Waals surface area contributed by atoms with Crippen molar-refractivity contribution in [2.45, 2.75) is 64.7 Å². The van der Waals surface area contributed by atoms with Crippen LogP contribution in [-0.2, 0) is 38.7 Å². The summed E-state index contributed by atoms with van der Waals surface area (Å²) in [6.45, 7) is 2.28. The molecule has 3 rings (SSSR count). The molecule has 20 heavy (non-hydrogen) atoms. The molecule has 0 spiro atoms. The Hall–Kier alpha value is -0.170. The largest absolute Gasteiger partial charge is 0.0721 e. The summed E-state index contributed by atoms with van der Waals surface area (Å²) in [6.07, 6.45) is 16.8. The molecule has 2 aliphatic rings. The average Bonchev–Trinajstić information content (AvgIpc) is 3.02. The summed E-state index contributed by atoms with van der Waals surface area (Å²) in [4.78, 5) is 0. The Morgan fingerprint density at radius 1 is 0.900 bits per heavy atom. The fraction of sp³-hybridized carbons (Fsp3) is 0.526. The second kappa shape index (κ2) is 7.73. The molecule has 0 nitrogen and oxygen atoms in total. The monoisotopic (exact) mass is 433 g/mol. The van der Waals surface area contributed by atoms with Gasteiger partial charge in [0.2, 0.25) is 0 Å². The van der Waals surface area contributed by atoms with Gasteiger partial charge in [0, 0.05) is 31.8 Å². The van der Waals surface area contributed by atoms with Crippen LogP contribution < -0.4 is 0 Å². The number of benzene rings is 1. The molecule has 0 fully saturated rings. The molecular weight excluding hydrogens is 407 g/mol. The van der Waals surface area contributed by atoms with Crippen molar-refractivity contribution in [3.05, 3.63) is 46.4 Å². The van der Waals surface area contributed by atoms with Crippen molar-refractivity contribution in [1.82, 2.24) is 0 Å². The van der Waals surface area contributed by atoms with Crippen LogP contribution in [0, 0.1) is 5.92 Å². The maximum absolute atomic E-state index is 2.49. The van der Waals surface area contributed by atoms with E-state index in [1.165, 1.54) is 68.9 Å². The first-order valence-corrected chi connectivity index (χ1v) is 8.08. The van der Waals surface area contributed by atoms with E-state index in [-0.39, 0.29) is 25.8 Å². The van der Waals surface area contributed by atoms with Gasteiger partial charge in [0.05, 0.1) is 0 Å². The Morgan fingerprint density at radius 2 is 1.65 bits per heavy atom. The van der Waals surface area contributed by atoms with Crippen LogP contribution in [0.4, 0.5) is 0 Å². The molecule has 105 valence electrons. The number of aryl methyl sites for hydroxylation is 2. The summed E-state index contributed by atoms with van der Waals surface area (Å²) < 4.78 is 0. The Morgan fingerprint density at radius 3 is 2.45 bits per heavy atom. The third-order valence-electron chi connectivity index (χ3n) is 4.62. The predicted molar refractivity (Wildman–Crippen MR) is 83.2 cm³/mol. The molecule has 0 saturated heterocycles. The van der Waals surface area contributed by atoms with E-state index in [0.717, 1.165) is 0 Å². The van der Waals surface area contributed by atoms with Crippen LogP contribution >= 0.6 is 0 Å². The number of allylic oxidation sites excluding steroid dienone is 1. The number of unbranched alkanes of at least 4 members (excludes halogenated alkanes) is 4. The summed E-state index contributed by atoms with van der Waals surface area (Å²) in [5.74, 6) is 1.58. The van der Waals surface area contributed by atoms with Gasteiger partial charge < -0.3 is 0 Å². The standard InChI is InChI=1S/C19H25.Hf/c1-2-3-4-5-6-8-15-11-12-18-13-16-9-7-10-17(16)14-19(15)18;/h11-14H,2-10H2,1H3;. The third kappa shape index (κ3) is 3.53. The van der Waals surface area contributed by atoms with Crippen molar-refractivity contribution < 1.29 is 25.8 Å². The molecule has 0 N–H and O–H groups in total. The first kappa shape index (κ1) is 16.2. The van der Waals surface area contributed by atoms with Crippen LogP contribution in [0.25, 0.3) is 6.08 Å². The summed E-state index contributed by atoms with van der Waals surface area (Å²) in [6, 6.07) is 4.93. The van der Waals surface area contributed by atoms with Crippen molar-refractivity contribution in [2.75, 3.05) is 0 Å². The van der Waals surface area contributed by atoms with Gasteiger partial charge in [0.25, 0.3) is 0 Å². The zero-order chi connectivity index (χ0) is 13.1. The SMILES string of the molecule is CCCCCCC[C]1C=Cc2cc3c(cc21)CCC3.[Hf]. The topological polar surface area (TPSA) is 0 Å². The number of hydrogen-bond donors (Lipinski definition) is 0. The van der Waals surface area contributed by atoms with E-state index in [1.54, 1.807) is 17.0 Å². The molecule has 0 saturated carbocycles. The van der Waals surface area contributed by atoms with Gasteiger partial charge in [-0.05, 0) is 47.9 Å². The summed E-state index contributed by atoms with van der Waals surface area (Å²) in [7, 11) is 0. The first-order valence-electron chi connectivity index (χ1n) is 8.08. The van der Waals surface area contributed by atoms with Gasteiger partial charge >= 0.3 is 0 Å². The third-order valence-corrected chi connectivity index (χ3v) is 4.62. The molecule has 0 aromatic heterocycles. The van der Waals surface area contributed by atoms with Crippen LogP contribution in [0.5, 0.6) is 0 Å². The minimum atomic E-state index is 0. The smallest absolute Gasteiger partial charge is 0.0273 e. The zero-order valence-electron chi connectivity index (χ0n) is 12.7. The average molecular weight is 432 g/mol. The maximum Gasteiger partial charge on any atom is 0.0273 e. The number of rotatable bonds is 6. The second-order valence-corrected chi connectivity index (χ2v) is 6.08. The van der Waals surface area contributed by atoms with Gasteiger partial charge in [-0.25, -0.2) is 0 Å². The van der Waals surface area contributed by atoms with Gasteiger partial charge in [-0.15, -0.1) is 0 Å². The van der Waals surface area contributed by atoms with Crippen LogP contribution in [-0.4, -0.2) is 0 Å². The predicted octanol–water partition coefficient (Wildman–Crippen LogP) is 5.48. The molecule has 2 aliphatic carbocycles. The van der Waals surface area contributed by atoms with Crippen LogP contribution in [0.3, 0.4) is 0 Å². The maximum atomic E-state index is 2.49. The molecule has 0 amide bonds. The van der Waals surface area contributed by atoms with Gasteiger partial charge in [-0.1, -0.05) is 63.3 Å². The van der Waals surface area contributed by atoms with E-state index in [2.05, 4.69) is 31.2 Å². The van der Waals surface area contributed by atoms with E-state index in [4.69, 9.17) is 0 Å². The number of fused-ring (bicyclic) bond motifs is 2. The molecule has 1 aromatic carbocycles. The molecule has 0 heterocycles. The summed E-state index contributed by atoms with van der Waals surface area (Å²) in [5, 5.41) is 0. The minimum Gasteiger partial charge on any atom is -0.0721 e. The molecule has 0 aliphatic heterocycles. The van der Waals surface area contributed by atoms with Crippen LogP contribution in [0.15, 0.2) is 18.2 Å². The van der Waals surface area contributed by atoms with E-state index < -0.39 is 0 Å². The Kier molecular flexibility index (Phi) is 6.26. The van der Waals surface area contributed by atoms with Crippen LogP contribution in [0.1, 0.15) is 74.1 Å². The minimum absolute atomic E-state index is 0. The molecule has 1 heteroatoms. The van der Waals surface area contributed by atoms with Crippen molar-refractivity contribution in [3.8, 4) is 0 Å². The van der Waals surface area contributed by atoms with E-state index in [0.29, 0.717) is 0 Å². The molecule has 0 atom stereocenters. The first-order chi connectivity index (χ1) is 9.38. The normalized spacial score (nSPS) is 16.1. The van der Waals surface area contributed by atoms with E-state index >= 15 is 0 Å². The van der Waals surface area contributed by atoms with E-state index in [1.807, 2.05) is 0 Å². The fourth-order valence-corrected chi connectivity index (χ4v) is 3.48. The van der Waals surface area contributed by atoms with Gasteiger partial charge in [-0.3, -0.25) is 0 Å². The van der Waals surface area contributed by atoms with E-state index in [9.17, 15) is 0 Å². The van der Waals surface area contributed by atoms with Gasteiger partial charge in [-0.2, -0.15) is 0 Å². The van der Waals surface area contributed by atoms with Crippen molar-refractivity contribution >= 4 is 6.08 Å². The quantitative estimate of drug-likeness (QED) is 0.413. The number of hydrogen-bond acceptors (Lipinski definition) is 0. The molecule has 1 radical (unpaired) electrons. The van der Waals surface area contributed by atoms with Crippen molar-refractivity contribution in [1.29, 1.82) is 0 Å². The van der Waals surface area contributed by atoms with Crippen molar-refractivity contribution in [2.24, 2.45) is 0 Å². The van der Waals surface area contributed by atoms with Gasteiger partial charge in [0.15, 0.2) is 0 Å². The molecular formula is C19H25Hf. The Balaban J connectivity index is 0.00000147. The molecule has 0 unspecified atom stereocenters. The zero-order valence-corrected chi connectivity index (χ0v) is 16.3. The molecule has 1 aromatic rings. The summed E-state index contributed by atoms with van der Waals surface area (Å²) in [5.41, 5.74) is 6.24. The molecule has 0 bridgehead atoms. The summed E-state index contributed by atoms with van der Waals surface area (Å²) >= 11 is 0. The van der Waals surface area contributed by atoms with Crippen molar-refractivity contribution in [3.63, 3.8) is 0 Å². The van der Waals surface area contributed by atoms with Gasteiger partial charge in [0.1, 0.15) is 0 Å². The fourth-order valence-electron chi connectivity index (χ4n) is 3.48. The Labute approximate surface area is 142 Å². The Bertz CT molecular complexity index is 473. The van der Waals surface area contributed by atoms with Crippen LogP contribution in [0.2, 0.25) is 0 Å².